The van der Waals surface area contributed by atoms with E-state index in [1.807, 2.05) is 39.0 Å². The summed E-state index contributed by atoms with van der Waals surface area (Å²) in [6, 6.07) is 5.76. The molecule has 0 amide bonds. The predicted octanol–water partition coefficient (Wildman–Crippen LogP) is 3.13. The van der Waals surface area contributed by atoms with E-state index in [9.17, 15) is 4.79 Å². The van der Waals surface area contributed by atoms with E-state index in [2.05, 4.69) is 0 Å². The van der Waals surface area contributed by atoms with Gasteiger partial charge in [0.25, 0.3) is 0 Å². The van der Waals surface area contributed by atoms with Crippen molar-refractivity contribution in [3.8, 4) is 5.75 Å². The van der Waals surface area contributed by atoms with E-state index in [-0.39, 0.29) is 5.92 Å². The summed E-state index contributed by atoms with van der Waals surface area (Å²) in [5.41, 5.74) is 2.71. The zero-order chi connectivity index (χ0) is 13.0. The summed E-state index contributed by atoms with van der Waals surface area (Å²) in [4.78, 5) is 10.9. The largest absolute Gasteiger partial charge is 0.496 e. The molecule has 1 rings (SSSR count). The number of hydrogen-bond donors (Lipinski definition) is 1. The minimum absolute atomic E-state index is 0.127. The summed E-state index contributed by atoms with van der Waals surface area (Å²) in [6.45, 7) is 5.91. The van der Waals surface area contributed by atoms with Gasteiger partial charge in [-0.1, -0.05) is 25.5 Å². The second-order valence-corrected chi connectivity index (χ2v) is 4.30. The Bertz CT molecular complexity index is 445. The fourth-order valence-corrected chi connectivity index (χ4v) is 1.74. The second kappa shape index (κ2) is 5.53. The summed E-state index contributed by atoms with van der Waals surface area (Å²) in [5.74, 6) is -0.101. The van der Waals surface area contributed by atoms with Crippen molar-refractivity contribution in [2.24, 2.45) is 5.92 Å². The van der Waals surface area contributed by atoms with Crippen molar-refractivity contribution < 1.29 is 14.6 Å². The number of aryl methyl sites for hydroxylation is 1. The molecule has 0 bridgehead atoms. The first kappa shape index (κ1) is 13.3. The van der Waals surface area contributed by atoms with Crippen LogP contribution < -0.4 is 4.74 Å². The molecule has 0 aliphatic carbocycles. The number of benzene rings is 1. The Balaban J connectivity index is 3.36. The normalized spacial score (nSPS) is 11.7. The highest BCUT2D eigenvalue weighted by atomic mass is 16.5. The molecule has 1 N–H and O–H groups in total. The highest BCUT2D eigenvalue weighted by Gasteiger charge is 2.13. The Kier molecular flexibility index (Phi) is 4.32. The maximum atomic E-state index is 10.9. The first-order chi connectivity index (χ1) is 7.95. The third kappa shape index (κ3) is 3.34. The summed E-state index contributed by atoms with van der Waals surface area (Å²) in [6.07, 6.45) is 1.25. The molecule has 0 saturated heterocycles. The monoisotopic (exact) mass is 234 g/mol. The molecule has 0 fully saturated rings. The van der Waals surface area contributed by atoms with Crippen molar-refractivity contribution >= 4 is 11.5 Å². The van der Waals surface area contributed by atoms with Gasteiger partial charge in [-0.2, -0.15) is 0 Å². The van der Waals surface area contributed by atoms with Gasteiger partial charge < -0.3 is 9.84 Å². The van der Waals surface area contributed by atoms with Gasteiger partial charge in [-0.05, 0) is 30.5 Å². The number of hydrogen-bond acceptors (Lipinski definition) is 2. The molecule has 0 radical (unpaired) electrons. The molecule has 0 aromatic heterocycles. The van der Waals surface area contributed by atoms with E-state index in [1.165, 1.54) is 6.08 Å². The number of ether oxygens (including phenoxy) is 1. The number of allylic oxidation sites excluding steroid dienone is 1. The molecular formula is C14H18O3. The summed E-state index contributed by atoms with van der Waals surface area (Å²) >= 11 is 0. The Morgan fingerprint density at radius 3 is 2.53 bits per heavy atom. The standard InChI is InChI=1S/C14H18O3/c1-9(2)11(8-14(15)16)12-7-10(3)5-6-13(12)17-4/h5-9H,1-4H3,(H,15,16)/b11-8+. The highest BCUT2D eigenvalue weighted by molar-refractivity contribution is 5.91. The lowest BCUT2D eigenvalue weighted by atomic mass is 9.93. The van der Waals surface area contributed by atoms with Gasteiger partial charge in [0.15, 0.2) is 0 Å². The number of carbonyl (C=O) groups is 1. The molecule has 0 unspecified atom stereocenters. The Hall–Kier alpha value is -1.77. The highest BCUT2D eigenvalue weighted by Crippen LogP contribution is 2.31. The van der Waals surface area contributed by atoms with E-state index >= 15 is 0 Å². The van der Waals surface area contributed by atoms with Gasteiger partial charge in [0, 0.05) is 11.6 Å². The van der Waals surface area contributed by atoms with Crippen molar-refractivity contribution in [3.63, 3.8) is 0 Å². The number of rotatable bonds is 4. The van der Waals surface area contributed by atoms with Crippen LogP contribution in [-0.2, 0) is 4.79 Å². The van der Waals surface area contributed by atoms with Gasteiger partial charge in [-0.3, -0.25) is 0 Å². The van der Waals surface area contributed by atoms with Crippen molar-refractivity contribution in [1.29, 1.82) is 0 Å². The molecule has 0 atom stereocenters. The molecule has 0 aliphatic rings. The summed E-state index contributed by atoms with van der Waals surface area (Å²) in [5, 5.41) is 8.91. The van der Waals surface area contributed by atoms with Crippen LogP contribution >= 0.6 is 0 Å². The van der Waals surface area contributed by atoms with Crippen LogP contribution in [0.3, 0.4) is 0 Å². The lowest BCUT2D eigenvalue weighted by molar-refractivity contribution is -0.131. The third-order valence-corrected chi connectivity index (χ3v) is 2.57. The van der Waals surface area contributed by atoms with Gasteiger partial charge in [0.05, 0.1) is 7.11 Å². The minimum Gasteiger partial charge on any atom is -0.496 e. The molecule has 0 spiro atoms. The number of aliphatic carboxylic acids is 1. The molecule has 3 heteroatoms. The van der Waals surface area contributed by atoms with E-state index in [1.54, 1.807) is 7.11 Å². The molecule has 1 aromatic carbocycles. The molecule has 92 valence electrons. The van der Waals surface area contributed by atoms with E-state index in [0.717, 1.165) is 16.7 Å². The maximum Gasteiger partial charge on any atom is 0.328 e. The topological polar surface area (TPSA) is 46.5 Å². The van der Waals surface area contributed by atoms with E-state index in [4.69, 9.17) is 9.84 Å². The first-order valence-electron chi connectivity index (χ1n) is 5.55. The molecule has 0 heterocycles. The quantitative estimate of drug-likeness (QED) is 0.814. The average Bonchev–Trinajstić information content (AvgIpc) is 2.25. The minimum atomic E-state index is -0.933. The lowest BCUT2D eigenvalue weighted by Crippen LogP contribution is -2.01. The fourth-order valence-electron chi connectivity index (χ4n) is 1.74. The van der Waals surface area contributed by atoms with Crippen molar-refractivity contribution in [2.75, 3.05) is 7.11 Å². The fraction of sp³-hybridized carbons (Fsp3) is 0.357. The van der Waals surface area contributed by atoms with Crippen LogP contribution in [0, 0.1) is 12.8 Å². The smallest absolute Gasteiger partial charge is 0.328 e. The molecule has 0 aliphatic heterocycles. The van der Waals surface area contributed by atoms with Crippen LogP contribution in [0.15, 0.2) is 24.3 Å². The van der Waals surface area contributed by atoms with Crippen LogP contribution in [0.25, 0.3) is 5.57 Å². The molecule has 1 aromatic rings. The van der Waals surface area contributed by atoms with Gasteiger partial charge in [0.1, 0.15) is 5.75 Å². The number of carboxylic acid groups (broad SMARTS) is 1. The molecule has 3 nitrogen and oxygen atoms in total. The molecule has 17 heavy (non-hydrogen) atoms. The van der Waals surface area contributed by atoms with Gasteiger partial charge in [-0.15, -0.1) is 0 Å². The van der Waals surface area contributed by atoms with Crippen LogP contribution in [0.2, 0.25) is 0 Å². The van der Waals surface area contributed by atoms with E-state index in [0.29, 0.717) is 5.75 Å². The van der Waals surface area contributed by atoms with Crippen molar-refractivity contribution in [3.05, 3.63) is 35.4 Å². The average molecular weight is 234 g/mol. The number of carboxylic acids is 1. The van der Waals surface area contributed by atoms with Crippen LogP contribution in [-0.4, -0.2) is 18.2 Å². The first-order valence-corrected chi connectivity index (χ1v) is 5.55. The van der Waals surface area contributed by atoms with Crippen molar-refractivity contribution in [1.82, 2.24) is 0 Å². The lowest BCUT2D eigenvalue weighted by Gasteiger charge is -2.15. The SMILES string of the molecule is COc1ccc(C)cc1/C(=C/C(=O)O)C(C)C. The zero-order valence-electron chi connectivity index (χ0n) is 10.7. The Morgan fingerprint density at radius 2 is 2.06 bits per heavy atom. The van der Waals surface area contributed by atoms with E-state index < -0.39 is 5.97 Å². The van der Waals surface area contributed by atoms with Gasteiger partial charge in [-0.25, -0.2) is 4.79 Å². The van der Waals surface area contributed by atoms with Crippen LogP contribution in [0.5, 0.6) is 5.75 Å². The van der Waals surface area contributed by atoms with Crippen LogP contribution in [0.1, 0.15) is 25.0 Å². The maximum absolute atomic E-state index is 10.9. The molecule has 0 saturated carbocycles. The Morgan fingerprint density at radius 1 is 1.41 bits per heavy atom. The predicted molar refractivity (Wildman–Crippen MR) is 68.2 cm³/mol. The van der Waals surface area contributed by atoms with Gasteiger partial charge >= 0.3 is 5.97 Å². The Labute approximate surface area is 102 Å². The second-order valence-electron chi connectivity index (χ2n) is 4.30. The zero-order valence-corrected chi connectivity index (χ0v) is 10.7. The van der Waals surface area contributed by atoms with Crippen LogP contribution in [0.4, 0.5) is 0 Å². The van der Waals surface area contributed by atoms with Crippen molar-refractivity contribution in [2.45, 2.75) is 20.8 Å². The molecular weight excluding hydrogens is 216 g/mol. The summed E-state index contributed by atoms with van der Waals surface area (Å²) in [7, 11) is 1.59. The summed E-state index contributed by atoms with van der Waals surface area (Å²) < 4.78 is 5.28. The number of methoxy groups -OCH3 is 1. The third-order valence-electron chi connectivity index (χ3n) is 2.57. The van der Waals surface area contributed by atoms with Gasteiger partial charge in [0.2, 0.25) is 0 Å².